The standard InChI is InChI=1S/C20H24N2O2/c1-3-24-19(23)20(13-12-16-9-5-4-6-10-16)21-14-17-15(2)8-7-11-18(17)22-20/h4-11,21-22H,3,12-14H2,1-2H3. The molecule has 1 aliphatic rings. The molecule has 0 amide bonds. The van der Waals surface area contributed by atoms with Crippen LogP contribution in [0, 0.1) is 6.92 Å². The van der Waals surface area contributed by atoms with Crippen LogP contribution in [0.3, 0.4) is 0 Å². The lowest BCUT2D eigenvalue weighted by Gasteiger charge is -2.39. The molecule has 126 valence electrons. The van der Waals surface area contributed by atoms with Crippen molar-refractivity contribution >= 4 is 11.7 Å². The van der Waals surface area contributed by atoms with Crippen molar-refractivity contribution in [3.05, 3.63) is 65.2 Å². The number of esters is 1. The Hall–Kier alpha value is -2.33. The molecule has 1 unspecified atom stereocenters. The first-order valence-corrected chi connectivity index (χ1v) is 8.47. The molecule has 1 aliphatic heterocycles. The molecular weight excluding hydrogens is 300 g/mol. The third kappa shape index (κ3) is 3.29. The van der Waals surface area contributed by atoms with E-state index < -0.39 is 5.66 Å². The van der Waals surface area contributed by atoms with Crippen molar-refractivity contribution in [2.24, 2.45) is 0 Å². The minimum absolute atomic E-state index is 0.243. The second-order valence-corrected chi connectivity index (χ2v) is 6.19. The lowest BCUT2D eigenvalue weighted by molar-refractivity contribution is -0.150. The molecule has 0 bridgehead atoms. The zero-order valence-electron chi connectivity index (χ0n) is 14.3. The lowest BCUT2D eigenvalue weighted by Crippen LogP contribution is -2.61. The number of fused-ring (bicyclic) bond motifs is 1. The highest BCUT2D eigenvalue weighted by atomic mass is 16.5. The van der Waals surface area contributed by atoms with E-state index in [0.29, 0.717) is 19.6 Å². The predicted molar refractivity (Wildman–Crippen MR) is 95.8 cm³/mol. The van der Waals surface area contributed by atoms with E-state index in [1.807, 2.05) is 37.3 Å². The number of hydrogen-bond donors (Lipinski definition) is 2. The highest BCUT2D eigenvalue weighted by molar-refractivity contribution is 5.85. The molecule has 1 atom stereocenters. The summed E-state index contributed by atoms with van der Waals surface area (Å²) < 4.78 is 5.35. The van der Waals surface area contributed by atoms with Gasteiger partial charge in [0.25, 0.3) is 0 Å². The summed E-state index contributed by atoms with van der Waals surface area (Å²) >= 11 is 0. The molecule has 0 spiro atoms. The third-order valence-corrected chi connectivity index (χ3v) is 4.58. The molecule has 2 aromatic carbocycles. The number of hydrogen-bond acceptors (Lipinski definition) is 4. The van der Waals surface area contributed by atoms with Crippen molar-refractivity contribution in [3.63, 3.8) is 0 Å². The van der Waals surface area contributed by atoms with Gasteiger partial charge in [-0.05, 0) is 49.4 Å². The maximum Gasteiger partial charge on any atom is 0.347 e. The summed E-state index contributed by atoms with van der Waals surface area (Å²) in [4.78, 5) is 12.7. The van der Waals surface area contributed by atoms with Crippen LogP contribution < -0.4 is 10.6 Å². The minimum Gasteiger partial charge on any atom is -0.463 e. The Bertz CT molecular complexity index is 715. The van der Waals surface area contributed by atoms with Gasteiger partial charge >= 0.3 is 5.97 Å². The molecule has 0 fully saturated rings. The van der Waals surface area contributed by atoms with Crippen molar-refractivity contribution in [2.45, 2.75) is 38.9 Å². The van der Waals surface area contributed by atoms with Gasteiger partial charge in [-0.25, -0.2) is 4.79 Å². The second-order valence-electron chi connectivity index (χ2n) is 6.19. The molecule has 0 aromatic heterocycles. The Kier molecular flexibility index (Phi) is 4.86. The van der Waals surface area contributed by atoms with Crippen molar-refractivity contribution in [1.29, 1.82) is 0 Å². The molecule has 0 saturated heterocycles. The molecule has 0 saturated carbocycles. The molecule has 3 rings (SSSR count). The zero-order chi connectivity index (χ0) is 17.0. The Morgan fingerprint density at radius 3 is 2.71 bits per heavy atom. The summed E-state index contributed by atoms with van der Waals surface area (Å²) in [6.07, 6.45) is 1.42. The molecule has 0 aliphatic carbocycles. The number of ether oxygens (including phenoxy) is 1. The van der Waals surface area contributed by atoms with Crippen LogP contribution in [0.15, 0.2) is 48.5 Å². The Balaban J connectivity index is 1.85. The molecule has 4 nitrogen and oxygen atoms in total. The maximum atomic E-state index is 12.7. The normalized spacial score (nSPS) is 19.2. The van der Waals surface area contributed by atoms with E-state index in [1.54, 1.807) is 0 Å². The van der Waals surface area contributed by atoms with Gasteiger partial charge in [-0.3, -0.25) is 5.32 Å². The summed E-state index contributed by atoms with van der Waals surface area (Å²) in [6.45, 7) is 4.95. The fourth-order valence-electron chi connectivity index (χ4n) is 3.17. The number of aryl methyl sites for hydroxylation is 2. The van der Waals surface area contributed by atoms with Crippen molar-refractivity contribution in [3.8, 4) is 0 Å². The third-order valence-electron chi connectivity index (χ3n) is 4.58. The predicted octanol–water partition coefficient (Wildman–Crippen LogP) is 3.40. The van der Waals surface area contributed by atoms with Crippen molar-refractivity contribution < 1.29 is 9.53 Å². The monoisotopic (exact) mass is 324 g/mol. The summed E-state index contributed by atoms with van der Waals surface area (Å²) in [5.74, 6) is -0.243. The van der Waals surface area contributed by atoms with Crippen LogP contribution in [-0.4, -0.2) is 18.2 Å². The quantitative estimate of drug-likeness (QED) is 0.828. The van der Waals surface area contributed by atoms with Crippen LogP contribution in [0.2, 0.25) is 0 Å². The summed E-state index contributed by atoms with van der Waals surface area (Å²) in [6, 6.07) is 16.3. The Labute approximate surface area is 143 Å². The lowest BCUT2D eigenvalue weighted by atomic mass is 9.94. The van der Waals surface area contributed by atoms with E-state index in [4.69, 9.17) is 4.74 Å². The largest absolute Gasteiger partial charge is 0.463 e. The molecule has 1 heterocycles. The van der Waals surface area contributed by atoms with Gasteiger partial charge in [0.2, 0.25) is 0 Å². The molecule has 2 aromatic rings. The van der Waals surface area contributed by atoms with Gasteiger partial charge in [-0.1, -0.05) is 42.5 Å². The highest BCUT2D eigenvalue weighted by Crippen LogP contribution is 2.30. The molecule has 24 heavy (non-hydrogen) atoms. The van der Waals surface area contributed by atoms with Crippen LogP contribution >= 0.6 is 0 Å². The number of rotatable bonds is 5. The van der Waals surface area contributed by atoms with Gasteiger partial charge in [-0.2, -0.15) is 0 Å². The van der Waals surface area contributed by atoms with E-state index in [2.05, 4.69) is 35.8 Å². The molecule has 2 N–H and O–H groups in total. The number of anilines is 1. The van der Waals surface area contributed by atoms with Crippen LogP contribution in [0.5, 0.6) is 0 Å². The molecular formula is C20H24N2O2. The first-order valence-electron chi connectivity index (χ1n) is 8.47. The smallest absolute Gasteiger partial charge is 0.347 e. The van der Waals surface area contributed by atoms with Gasteiger partial charge in [0.05, 0.1) is 6.61 Å². The number of carbonyl (C=O) groups is 1. The van der Waals surface area contributed by atoms with Gasteiger partial charge in [-0.15, -0.1) is 0 Å². The van der Waals surface area contributed by atoms with Crippen molar-refractivity contribution in [2.75, 3.05) is 11.9 Å². The van der Waals surface area contributed by atoms with Crippen LogP contribution in [0.25, 0.3) is 0 Å². The number of benzene rings is 2. The molecule has 4 heteroatoms. The minimum atomic E-state index is -0.882. The summed E-state index contributed by atoms with van der Waals surface area (Å²) in [5, 5.41) is 6.82. The van der Waals surface area contributed by atoms with E-state index in [9.17, 15) is 4.79 Å². The van der Waals surface area contributed by atoms with Gasteiger partial charge in [0, 0.05) is 12.2 Å². The highest BCUT2D eigenvalue weighted by Gasteiger charge is 2.42. The van der Waals surface area contributed by atoms with Crippen LogP contribution in [0.4, 0.5) is 5.69 Å². The number of carbonyl (C=O) groups excluding carboxylic acids is 1. The van der Waals surface area contributed by atoms with Crippen molar-refractivity contribution in [1.82, 2.24) is 5.32 Å². The molecule has 0 radical (unpaired) electrons. The fourth-order valence-corrected chi connectivity index (χ4v) is 3.17. The average Bonchev–Trinajstić information content (AvgIpc) is 2.61. The first kappa shape index (κ1) is 16.5. The zero-order valence-corrected chi connectivity index (χ0v) is 14.3. The van der Waals surface area contributed by atoms with E-state index in [-0.39, 0.29) is 5.97 Å². The second kappa shape index (κ2) is 7.05. The van der Waals surface area contributed by atoms with Gasteiger partial charge in [0.15, 0.2) is 5.66 Å². The van der Waals surface area contributed by atoms with Crippen LogP contribution in [-0.2, 0) is 22.5 Å². The van der Waals surface area contributed by atoms with Gasteiger partial charge < -0.3 is 10.1 Å². The van der Waals surface area contributed by atoms with E-state index in [1.165, 1.54) is 16.7 Å². The fraction of sp³-hybridized carbons (Fsp3) is 0.350. The number of nitrogens with one attached hydrogen (secondary N) is 2. The summed E-state index contributed by atoms with van der Waals surface area (Å²) in [5.41, 5.74) is 3.76. The van der Waals surface area contributed by atoms with E-state index >= 15 is 0 Å². The Morgan fingerprint density at radius 2 is 1.96 bits per heavy atom. The topological polar surface area (TPSA) is 50.4 Å². The van der Waals surface area contributed by atoms with E-state index in [0.717, 1.165) is 12.1 Å². The average molecular weight is 324 g/mol. The maximum absolute atomic E-state index is 12.7. The SMILES string of the molecule is CCOC(=O)C1(CCc2ccccc2)NCc2c(C)cccc2N1. The first-order chi connectivity index (χ1) is 11.6. The summed E-state index contributed by atoms with van der Waals surface area (Å²) in [7, 11) is 0. The van der Waals surface area contributed by atoms with Crippen LogP contribution in [0.1, 0.15) is 30.0 Å². The van der Waals surface area contributed by atoms with Gasteiger partial charge in [0.1, 0.15) is 0 Å². The Morgan fingerprint density at radius 1 is 1.17 bits per heavy atom.